The first-order chi connectivity index (χ1) is 7.81. The first-order valence-corrected chi connectivity index (χ1v) is 7.41. The second kappa shape index (κ2) is 5.65. The van der Waals surface area contributed by atoms with Crippen LogP contribution in [0, 0.1) is 5.92 Å². The van der Waals surface area contributed by atoms with Crippen LogP contribution in [0.15, 0.2) is 29.2 Å². The highest BCUT2D eigenvalue weighted by Crippen LogP contribution is 2.13. The summed E-state index contributed by atoms with van der Waals surface area (Å²) in [5.74, 6) is 0.575. The molecular weight excluding hydrogens is 234 g/mol. The van der Waals surface area contributed by atoms with E-state index in [0.717, 1.165) is 6.42 Å². The largest absolute Gasteiger partial charge is 0.240 e. The predicted molar refractivity (Wildman–Crippen MR) is 70.4 cm³/mol. The predicted octanol–water partition coefficient (Wildman–Crippen LogP) is 2.57. The lowest BCUT2D eigenvalue weighted by Gasteiger charge is -2.10. The molecule has 0 aliphatic heterocycles. The lowest BCUT2D eigenvalue weighted by atomic mass is 10.0. The van der Waals surface area contributed by atoms with Gasteiger partial charge in [0.15, 0.2) is 0 Å². The summed E-state index contributed by atoms with van der Waals surface area (Å²) >= 11 is 0. The van der Waals surface area contributed by atoms with E-state index in [1.54, 1.807) is 12.1 Å². The Hall–Kier alpha value is -0.870. The molecule has 0 aliphatic rings. The molecule has 0 spiro atoms. The molecule has 0 atom stereocenters. The first-order valence-electron chi connectivity index (χ1n) is 5.92. The number of rotatable bonds is 5. The smallest absolute Gasteiger partial charge is 0.209 e. The van der Waals surface area contributed by atoms with Crippen LogP contribution < -0.4 is 4.72 Å². The van der Waals surface area contributed by atoms with Crippen molar-refractivity contribution in [3.8, 4) is 0 Å². The highest BCUT2D eigenvalue weighted by Gasteiger charge is 2.14. The molecule has 17 heavy (non-hydrogen) atoms. The Bertz CT molecular complexity index is 447. The molecule has 1 aromatic carbocycles. The quantitative estimate of drug-likeness (QED) is 0.879. The van der Waals surface area contributed by atoms with Gasteiger partial charge in [0, 0.05) is 6.04 Å². The van der Waals surface area contributed by atoms with Gasteiger partial charge in [0.25, 0.3) is 0 Å². The van der Waals surface area contributed by atoms with Gasteiger partial charge in [0.05, 0.1) is 4.90 Å². The van der Waals surface area contributed by atoms with Crippen LogP contribution in [-0.4, -0.2) is 14.5 Å². The van der Waals surface area contributed by atoms with E-state index >= 15 is 0 Å². The Morgan fingerprint density at radius 1 is 1.06 bits per heavy atom. The highest BCUT2D eigenvalue weighted by molar-refractivity contribution is 7.89. The second-order valence-corrected chi connectivity index (χ2v) is 6.73. The van der Waals surface area contributed by atoms with Gasteiger partial charge in [-0.3, -0.25) is 0 Å². The number of hydrogen-bond acceptors (Lipinski definition) is 2. The fourth-order valence-corrected chi connectivity index (χ4v) is 2.91. The van der Waals surface area contributed by atoms with Crippen LogP contribution in [0.25, 0.3) is 0 Å². The second-order valence-electron chi connectivity index (χ2n) is 5.02. The molecular formula is C13H21NO2S. The Morgan fingerprint density at radius 3 is 2.00 bits per heavy atom. The van der Waals surface area contributed by atoms with E-state index in [4.69, 9.17) is 0 Å². The molecule has 96 valence electrons. The van der Waals surface area contributed by atoms with Crippen molar-refractivity contribution in [2.45, 2.75) is 45.1 Å². The van der Waals surface area contributed by atoms with Crippen molar-refractivity contribution < 1.29 is 8.42 Å². The summed E-state index contributed by atoms with van der Waals surface area (Å²) in [4.78, 5) is 0.332. The third kappa shape index (κ3) is 4.48. The first kappa shape index (κ1) is 14.2. The van der Waals surface area contributed by atoms with Crippen LogP contribution in [-0.2, 0) is 16.4 Å². The Morgan fingerprint density at radius 2 is 1.59 bits per heavy atom. The van der Waals surface area contributed by atoms with Crippen LogP contribution in [0.2, 0.25) is 0 Å². The molecule has 3 nitrogen and oxygen atoms in total. The molecule has 0 saturated heterocycles. The van der Waals surface area contributed by atoms with Gasteiger partial charge < -0.3 is 0 Å². The van der Waals surface area contributed by atoms with Crippen molar-refractivity contribution in [1.82, 2.24) is 4.72 Å². The van der Waals surface area contributed by atoms with Crippen molar-refractivity contribution in [2.24, 2.45) is 5.92 Å². The number of nitrogens with one attached hydrogen (secondary N) is 1. The van der Waals surface area contributed by atoms with Crippen molar-refractivity contribution in [3.63, 3.8) is 0 Å². The summed E-state index contributed by atoms with van der Waals surface area (Å²) < 4.78 is 26.3. The van der Waals surface area contributed by atoms with Crippen LogP contribution >= 0.6 is 0 Å². The lowest BCUT2D eigenvalue weighted by molar-refractivity contribution is 0.570. The minimum absolute atomic E-state index is 0.0876. The third-order valence-electron chi connectivity index (χ3n) is 2.27. The molecule has 0 unspecified atom stereocenters. The topological polar surface area (TPSA) is 46.2 Å². The highest BCUT2D eigenvalue weighted by atomic mass is 32.2. The summed E-state index contributed by atoms with van der Waals surface area (Å²) in [6.07, 6.45) is 0.970. The maximum atomic E-state index is 11.9. The van der Waals surface area contributed by atoms with Crippen LogP contribution in [0.3, 0.4) is 0 Å². The lowest BCUT2D eigenvalue weighted by Crippen LogP contribution is -2.30. The maximum absolute atomic E-state index is 11.9. The number of hydrogen-bond donors (Lipinski definition) is 1. The number of benzene rings is 1. The average Bonchev–Trinajstić information content (AvgIpc) is 2.15. The van der Waals surface area contributed by atoms with Crippen LogP contribution in [0.5, 0.6) is 0 Å². The van der Waals surface area contributed by atoms with Gasteiger partial charge in [-0.15, -0.1) is 0 Å². The molecule has 1 rings (SSSR count). The summed E-state index contributed by atoms with van der Waals surface area (Å²) in [7, 11) is -3.35. The van der Waals surface area contributed by atoms with Gasteiger partial charge in [-0.1, -0.05) is 26.0 Å². The fourth-order valence-electron chi connectivity index (χ4n) is 1.65. The molecule has 4 heteroatoms. The Labute approximate surface area is 104 Å². The molecule has 0 aromatic heterocycles. The normalized spacial score (nSPS) is 12.4. The van der Waals surface area contributed by atoms with Gasteiger partial charge >= 0.3 is 0 Å². The molecule has 1 N–H and O–H groups in total. The monoisotopic (exact) mass is 255 g/mol. The van der Waals surface area contributed by atoms with Crippen LogP contribution in [0.1, 0.15) is 33.3 Å². The minimum Gasteiger partial charge on any atom is -0.209 e. The molecule has 0 saturated carbocycles. The van der Waals surface area contributed by atoms with Crippen LogP contribution in [0.4, 0.5) is 0 Å². The molecule has 1 aromatic rings. The Kier molecular flexibility index (Phi) is 4.71. The Balaban J connectivity index is 2.87. The van der Waals surface area contributed by atoms with E-state index < -0.39 is 10.0 Å². The molecule has 0 fully saturated rings. The van der Waals surface area contributed by atoms with Gasteiger partial charge in [-0.2, -0.15) is 0 Å². The standard InChI is InChI=1S/C13H21NO2S/c1-10(2)9-12-5-7-13(8-6-12)17(15,16)14-11(3)4/h5-8,10-11,14H,9H2,1-4H3. The molecule has 0 bridgehead atoms. The zero-order valence-corrected chi connectivity index (χ0v) is 11.7. The van der Waals surface area contributed by atoms with E-state index in [2.05, 4.69) is 18.6 Å². The average molecular weight is 255 g/mol. The van der Waals surface area contributed by atoms with Crippen molar-refractivity contribution in [2.75, 3.05) is 0 Å². The van der Waals surface area contributed by atoms with E-state index in [9.17, 15) is 8.42 Å². The van der Waals surface area contributed by atoms with E-state index in [1.807, 2.05) is 26.0 Å². The fraction of sp³-hybridized carbons (Fsp3) is 0.538. The summed E-state index contributed by atoms with van der Waals surface area (Å²) in [6, 6.07) is 7.02. The van der Waals surface area contributed by atoms with E-state index in [1.165, 1.54) is 5.56 Å². The summed E-state index contributed by atoms with van der Waals surface area (Å²) in [5, 5.41) is 0. The van der Waals surface area contributed by atoms with Crippen molar-refractivity contribution in [3.05, 3.63) is 29.8 Å². The van der Waals surface area contributed by atoms with Crippen molar-refractivity contribution >= 4 is 10.0 Å². The van der Waals surface area contributed by atoms with Gasteiger partial charge in [0.2, 0.25) is 10.0 Å². The van der Waals surface area contributed by atoms with Gasteiger partial charge in [0.1, 0.15) is 0 Å². The SMILES string of the molecule is CC(C)Cc1ccc(S(=O)(=O)NC(C)C)cc1. The summed E-state index contributed by atoms with van der Waals surface area (Å²) in [6.45, 7) is 7.91. The van der Waals surface area contributed by atoms with Crippen molar-refractivity contribution in [1.29, 1.82) is 0 Å². The molecule has 0 aliphatic carbocycles. The molecule has 0 heterocycles. The molecule has 0 radical (unpaired) electrons. The van der Waals surface area contributed by atoms with Gasteiger partial charge in [-0.25, -0.2) is 13.1 Å². The zero-order chi connectivity index (χ0) is 13.1. The maximum Gasteiger partial charge on any atom is 0.240 e. The molecule has 0 amide bonds. The minimum atomic E-state index is -3.35. The summed E-state index contributed by atoms with van der Waals surface area (Å²) in [5.41, 5.74) is 1.17. The van der Waals surface area contributed by atoms with E-state index in [0.29, 0.717) is 10.8 Å². The zero-order valence-electron chi connectivity index (χ0n) is 10.9. The number of sulfonamides is 1. The third-order valence-corrected chi connectivity index (χ3v) is 3.94. The van der Waals surface area contributed by atoms with E-state index in [-0.39, 0.29) is 6.04 Å². The van der Waals surface area contributed by atoms with Gasteiger partial charge in [-0.05, 0) is 43.9 Å².